The molecule has 0 fully saturated rings. The molecule has 0 amide bonds. The van der Waals surface area contributed by atoms with Gasteiger partial charge in [-0.1, -0.05) is 224 Å². The Balaban J connectivity index is 1.56. The van der Waals surface area contributed by atoms with Crippen LogP contribution in [0.5, 0.6) is 0 Å². The molecule has 0 saturated heterocycles. The van der Waals surface area contributed by atoms with Crippen LogP contribution in [0.15, 0.2) is 12.7 Å². The van der Waals surface area contributed by atoms with Crippen molar-refractivity contribution in [2.75, 3.05) is 48.3 Å². The van der Waals surface area contributed by atoms with Crippen LogP contribution < -0.4 is 5.73 Å². The Morgan fingerprint density at radius 2 is 0.966 bits per heavy atom. The lowest BCUT2D eigenvalue weighted by molar-refractivity contribution is 0.0675. The molecule has 1 atom stereocenters. The van der Waals surface area contributed by atoms with Crippen molar-refractivity contribution in [3.63, 3.8) is 0 Å². The number of imidazole rings is 1. The minimum atomic E-state index is -3.44. The van der Waals surface area contributed by atoms with E-state index in [1.807, 2.05) is 33.1 Å². The predicted molar refractivity (Wildman–Crippen MR) is 265 cm³/mol. The maximum absolute atomic E-state index is 13.9. The van der Waals surface area contributed by atoms with E-state index >= 15 is 0 Å². The number of hydrogen-bond acceptors (Lipinski definition) is 12. The normalized spacial score (nSPS) is 12.6. The lowest BCUT2D eigenvalue weighted by Gasteiger charge is -2.21. The van der Waals surface area contributed by atoms with E-state index < -0.39 is 7.60 Å². The number of anilines is 1. The summed E-state index contributed by atoms with van der Waals surface area (Å²) in [6, 6.07) is 0. The van der Waals surface area contributed by atoms with Crippen LogP contribution in [0.3, 0.4) is 0 Å². The molecule has 59 heavy (non-hydrogen) atoms. The van der Waals surface area contributed by atoms with Gasteiger partial charge in [0, 0.05) is 23.0 Å². The Bertz CT molecular complexity index is 1240. The van der Waals surface area contributed by atoms with Crippen molar-refractivity contribution < 1.29 is 18.3 Å². The predicted octanol–water partition coefficient (Wildman–Crippen LogP) is 15.7. The fourth-order valence-corrected chi connectivity index (χ4v) is 12.7. The number of aromatic nitrogens is 4. The van der Waals surface area contributed by atoms with E-state index in [0.717, 1.165) is 23.0 Å². The first-order valence-electron chi connectivity index (χ1n) is 23.9. The topological polar surface area (TPSA) is 114 Å². The van der Waals surface area contributed by atoms with Gasteiger partial charge in [-0.2, -0.15) is 0 Å². The maximum Gasteiger partial charge on any atom is 0.356 e. The highest BCUT2D eigenvalue weighted by Gasteiger charge is 2.27. The molecule has 2 heterocycles. The smallest absolute Gasteiger partial charge is 0.356 e. The number of rotatable bonds is 45. The summed E-state index contributed by atoms with van der Waals surface area (Å²) in [5.74, 6) is 4.16. The molecule has 0 aliphatic rings. The molecule has 2 N–H and O–H groups in total. The Labute approximate surface area is 377 Å². The van der Waals surface area contributed by atoms with Gasteiger partial charge in [-0.15, -0.1) is 0 Å². The fraction of sp³-hybridized carbons (Fsp3) is 0.889. The first kappa shape index (κ1) is 55.0. The standard InChI is InChI=1S/C45H86N5O4PS4/c1-4-6-8-10-12-14-16-18-20-22-24-26-28-30-34-56-58-36-32-53-55(51,41-52-42(3)38-50-40-49-43-44(46)47-39-48-45(43)50)54-33-37-59-57-35-31-29-27-25-23-21-19-17-15-13-11-9-7-5-2/h39-40,42H,4-38,41H2,1-3H3,(H2,46,47,48)/t42-/m1/s1. The zero-order chi connectivity index (χ0) is 42.3. The van der Waals surface area contributed by atoms with E-state index in [2.05, 4.69) is 28.8 Å². The minimum Gasteiger partial charge on any atom is -0.382 e. The van der Waals surface area contributed by atoms with Gasteiger partial charge in [0.05, 0.1) is 32.2 Å². The van der Waals surface area contributed by atoms with E-state index in [1.54, 1.807) is 27.9 Å². The number of unbranched alkanes of at least 4 members (excludes halogenated alkanes) is 26. The molecule has 0 saturated carbocycles. The molecule has 0 aliphatic heterocycles. The number of fused-ring (bicyclic) bond motifs is 1. The largest absolute Gasteiger partial charge is 0.382 e. The van der Waals surface area contributed by atoms with Gasteiger partial charge >= 0.3 is 7.60 Å². The molecule has 2 aromatic heterocycles. The lowest BCUT2D eigenvalue weighted by atomic mass is 10.0. The maximum atomic E-state index is 13.9. The minimum absolute atomic E-state index is 0.0916. The van der Waals surface area contributed by atoms with E-state index in [9.17, 15) is 4.57 Å². The monoisotopic (exact) mass is 920 g/mol. The molecule has 344 valence electrons. The third-order valence-electron chi connectivity index (χ3n) is 10.6. The number of ether oxygens (including phenoxy) is 1. The second-order valence-electron chi connectivity index (χ2n) is 16.2. The average Bonchev–Trinajstić information content (AvgIpc) is 3.65. The zero-order valence-electron chi connectivity index (χ0n) is 37.8. The fourth-order valence-electron chi connectivity index (χ4n) is 7.06. The molecular formula is C45H86N5O4PS4. The number of hydrogen-bond donors (Lipinski definition) is 1. The van der Waals surface area contributed by atoms with Gasteiger partial charge in [-0.25, -0.2) is 15.0 Å². The van der Waals surface area contributed by atoms with Crippen LogP contribution in [-0.2, 0) is 24.9 Å². The molecule has 0 spiro atoms. The van der Waals surface area contributed by atoms with Crippen molar-refractivity contribution in [1.29, 1.82) is 0 Å². The summed E-state index contributed by atoms with van der Waals surface area (Å²) in [5.41, 5.74) is 7.18. The summed E-state index contributed by atoms with van der Waals surface area (Å²) in [6.07, 6.45) is 41.5. The van der Waals surface area contributed by atoms with E-state index in [0.29, 0.717) is 36.7 Å². The van der Waals surface area contributed by atoms with Gasteiger partial charge < -0.3 is 24.1 Å². The molecule has 9 nitrogen and oxygen atoms in total. The van der Waals surface area contributed by atoms with Gasteiger partial charge in [-0.3, -0.25) is 4.57 Å². The second kappa shape index (κ2) is 39.5. The van der Waals surface area contributed by atoms with Crippen LogP contribution in [0.2, 0.25) is 0 Å². The highest BCUT2D eigenvalue weighted by Crippen LogP contribution is 2.49. The SMILES string of the molecule is CCCCCCCCCCCCCCCCSSCCOP(=O)(CO[C@H](C)Cn1cnc2c(N)ncnc21)OCCSSCCCCCCCCCCCCCCCC. The molecule has 14 heteroatoms. The van der Waals surface area contributed by atoms with Crippen molar-refractivity contribution in [2.45, 2.75) is 213 Å². The van der Waals surface area contributed by atoms with Gasteiger partial charge in [0.25, 0.3) is 0 Å². The van der Waals surface area contributed by atoms with Crippen LogP contribution in [0.1, 0.15) is 201 Å². The quantitative estimate of drug-likeness (QED) is 0.0387. The van der Waals surface area contributed by atoms with Crippen molar-refractivity contribution >= 4 is 67.8 Å². The van der Waals surface area contributed by atoms with Crippen LogP contribution in [0.25, 0.3) is 11.2 Å². The van der Waals surface area contributed by atoms with Crippen LogP contribution >= 0.6 is 50.8 Å². The molecule has 0 unspecified atom stereocenters. The summed E-state index contributed by atoms with van der Waals surface area (Å²) in [6.45, 7) is 7.73. The van der Waals surface area contributed by atoms with E-state index in [1.165, 1.54) is 186 Å². The molecule has 0 bridgehead atoms. The summed E-state index contributed by atoms with van der Waals surface area (Å²) >= 11 is 0. The van der Waals surface area contributed by atoms with Crippen LogP contribution in [0, 0.1) is 0 Å². The molecule has 2 rings (SSSR count). The highest BCUT2D eigenvalue weighted by atomic mass is 33.1. The van der Waals surface area contributed by atoms with Gasteiger partial charge in [0.1, 0.15) is 18.2 Å². The van der Waals surface area contributed by atoms with E-state index in [-0.39, 0.29) is 12.5 Å². The summed E-state index contributed by atoms with van der Waals surface area (Å²) in [5, 5.41) is 0. The summed E-state index contributed by atoms with van der Waals surface area (Å²) in [4.78, 5) is 12.7. The summed E-state index contributed by atoms with van der Waals surface area (Å²) in [7, 11) is 3.93. The van der Waals surface area contributed by atoms with E-state index in [4.69, 9.17) is 19.5 Å². The van der Waals surface area contributed by atoms with Crippen molar-refractivity contribution in [3.8, 4) is 0 Å². The zero-order valence-corrected chi connectivity index (χ0v) is 41.9. The number of nitrogen functional groups attached to an aromatic ring is 1. The Morgan fingerprint density at radius 1 is 0.576 bits per heavy atom. The number of nitrogens with two attached hydrogens (primary N) is 1. The first-order valence-corrected chi connectivity index (χ1v) is 30.6. The van der Waals surface area contributed by atoms with Gasteiger partial charge in [-0.05, 0) is 19.8 Å². The Hall–Kier alpha value is -0.140. The third-order valence-corrected chi connectivity index (χ3v) is 17.2. The van der Waals surface area contributed by atoms with Crippen LogP contribution in [0.4, 0.5) is 5.82 Å². The number of nitrogens with zero attached hydrogens (tertiary/aromatic N) is 4. The third kappa shape index (κ3) is 30.6. The van der Waals surface area contributed by atoms with Crippen molar-refractivity contribution in [3.05, 3.63) is 12.7 Å². The van der Waals surface area contributed by atoms with Gasteiger partial charge in [0.2, 0.25) is 0 Å². The van der Waals surface area contributed by atoms with Crippen molar-refractivity contribution in [2.24, 2.45) is 0 Å². The average molecular weight is 920 g/mol. The van der Waals surface area contributed by atoms with Gasteiger partial charge in [0.15, 0.2) is 11.5 Å². The Kier molecular flexibility index (Phi) is 36.8. The van der Waals surface area contributed by atoms with Crippen molar-refractivity contribution in [1.82, 2.24) is 19.5 Å². The van der Waals surface area contributed by atoms with Crippen LogP contribution in [-0.4, -0.2) is 68.2 Å². The highest BCUT2D eigenvalue weighted by molar-refractivity contribution is 8.77. The Morgan fingerprint density at radius 3 is 1.39 bits per heavy atom. The molecule has 0 radical (unpaired) electrons. The summed E-state index contributed by atoms with van der Waals surface area (Å²) < 4.78 is 33.8. The second-order valence-corrected chi connectivity index (χ2v) is 23.6. The molecule has 2 aromatic rings. The lowest BCUT2D eigenvalue weighted by Crippen LogP contribution is -2.18. The molecule has 0 aromatic carbocycles. The molecule has 0 aliphatic carbocycles. The molecular weight excluding hydrogens is 834 g/mol. The first-order chi connectivity index (χ1) is 29.0.